The average Bonchev–Trinajstić information content (AvgIpc) is 2.24. The second-order valence-electron chi connectivity index (χ2n) is 5.01. The minimum atomic E-state index is -1.18. The number of aliphatic carboxylic acids is 1. The van der Waals surface area contributed by atoms with Crippen molar-refractivity contribution in [3.63, 3.8) is 0 Å². The molecule has 0 aromatic carbocycles. The van der Waals surface area contributed by atoms with Gasteiger partial charge in [-0.3, -0.25) is 14.4 Å². The molecular weight excluding hydrogens is 236 g/mol. The minimum absolute atomic E-state index is 0.161. The molecule has 0 radical (unpaired) electrons. The fraction of sp³-hybridized carbons (Fsp3) is 0.750. The summed E-state index contributed by atoms with van der Waals surface area (Å²) in [6.45, 7) is 6.41. The van der Waals surface area contributed by atoms with Crippen LogP contribution in [0.1, 0.15) is 47.0 Å². The highest BCUT2D eigenvalue weighted by molar-refractivity contribution is 5.91. The lowest BCUT2D eigenvalue weighted by molar-refractivity contribution is -0.152. The zero-order valence-electron chi connectivity index (χ0n) is 11.4. The zero-order chi connectivity index (χ0) is 14.6. The Hall–Kier alpha value is -1.59. The normalized spacial score (nSPS) is 12.0. The predicted octanol–water partition coefficient (Wildman–Crippen LogP) is 0.648. The third kappa shape index (κ3) is 3.72. The van der Waals surface area contributed by atoms with E-state index in [0.29, 0.717) is 12.8 Å². The number of carboxylic acids is 1. The quantitative estimate of drug-likeness (QED) is 0.622. The van der Waals surface area contributed by atoms with E-state index in [9.17, 15) is 19.5 Å². The molecule has 0 spiro atoms. The van der Waals surface area contributed by atoms with E-state index >= 15 is 0 Å². The van der Waals surface area contributed by atoms with Crippen LogP contribution in [0.2, 0.25) is 0 Å². The zero-order valence-corrected chi connectivity index (χ0v) is 11.4. The molecule has 0 aliphatic heterocycles. The number of hydrogen-bond donors (Lipinski definition) is 3. The maximum Gasteiger partial charge on any atom is 0.310 e. The molecule has 104 valence electrons. The van der Waals surface area contributed by atoms with Crippen LogP contribution in [0.4, 0.5) is 0 Å². The van der Waals surface area contributed by atoms with E-state index < -0.39 is 28.7 Å². The van der Waals surface area contributed by atoms with Crippen molar-refractivity contribution >= 4 is 17.8 Å². The van der Waals surface area contributed by atoms with Gasteiger partial charge in [-0.2, -0.15) is 0 Å². The van der Waals surface area contributed by atoms with E-state index in [-0.39, 0.29) is 6.42 Å². The third-order valence-corrected chi connectivity index (χ3v) is 3.37. The van der Waals surface area contributed by atoms with Gasteiger partial charge in [-0.25, -0.2) is 0 Å². The number of rotatable bonds is 7. The molecule has 0 aromatic heterocycles. The van der Waals surface area contributed by atoms with Crippen LogP contribution in [-0.2, 0) is 14.4 Å². The van der Waals surface area contributed by atoms with Gasteiger partial charge >= 0.3 is 5.97 Å². The fourth-order valence-electron chi connectivity index (χ4n) is 1.64. The molecule has 0 saturated carbocycles. The van der Waals surface area contributed by atoms with E-state index in [0.717, 1.165) is 0 Å². The minimum Gasteiger partial charge on any atom is -0.481 e. The molecule has 0 heterocycles. The van der Waals surface area contributed by atoms with Gasteiger partial charge in [0.1, 0.15) is 5.54 Å². The number of amides is 2. The van der Waals surface area contributed by atoms with Crippen LogP contribution >= 0.6 is 0 Å². The first-order valence-electron chi connectivity index (χ1n) is 5.95. The summed E-state index contributed by atoms with van der Waals surface area (Å²) in [4.78, 5) is 34.2. The number of carbonyl (C=O) groups excluding carboxylic acids is 2. The van der Waals surface area contributed by atoms with E-state index in [1.54, 1.807) is 13.8 Å². The Morgan fingerprint density at radius 3 is 1.89 bits per heavy atom. The predicted molar refractivity (Wildman–Crippen MR) is 66.7 cm³/mol. The molecule has 18 heavy (non-hydrogen) atoms. The maximum absolute atomic E-state index is 11.8. The second kappa shape index (κ2) is 5.84. The maximum atomic E-state index is 11.8. The van der Waals surface area contributed by atoms with Crippen LogP contribution in [-0.4, -0.2) is 28.4 Å². The average molecular weight is 258 g/mol. The summed E-state index contributed by atoms with van der Waals surface area (Å²) in [5.74, 6) is -2.14. The van der Waals surface area contributed by atoms with Gasteiger partial charge in [0.2, 0.25) is 11.8 Å². The van der Waals surface area contributed by atoms with Crippen molar-refractivity contribution in [3.8, 4) is 0 Å². The molecule has 6 nitrogen and oxygen atoms in total. The number of carbonyl (C=O) groups is 3. The van der Waals surface area contributed by atoms with E-state index in [1.165, 1.54) is 13.8 Å². The van der Waals surface area contributed by atoms with E-state index in [4.69, 9.17) is 5.73 Å². The Labute approximate surface area is 107 Å². The Morgan fingerprint density at radius 2 is 1.61 bits per heavy atom. The van der Waals surface area contributed by atoms with Gasteiger partial charge in [-0.15, -0.1) is 0 Å². The van der Waals surface area contributed by atoms with Crippen molar-refractivity contribution in [2.75, 3.05) is 0 Å². The first kappa shape index (κ1) is 16.4. The van der Waals surface area contributed by atoms with Crippen molar-refractivity contribution < 1.29 is 19.5 Å². The lowest BCUT2D eigenvalue weighted by atomic mass is 9.79. The molecule has 0 fully saturated rings. The fourth-order valence-corrected chi connectivity index (χ4v) is 1.64. The van der Waals surface area contributed by atoms with Crippen molar-refractivity contribution in [1.82, 2.24) is 5.32 Å². The van der Waals surface area contributed by atoms with Crippen molar-refractivity contribution in [2.24, 2.45) is 11.1 Å². The number of carboxylic acid groups (broad SMARTS) is 1. The van der Waals surface area contributed by atoms with Gasteiger partial charge in [0, 0.05) is 6.42 Å². The van der Waals surface area contributed by atoms with Crippen LogP contribution in [0.5, 0.6) is 0 Å². The summed E-state index contributed by atoms with van der Waals surface area (Å²) in [5.41, 5.74) is 2.87. The highest BCUT2D eigenvalue weighted by atomic mass is 16.4. The largest absolute Gasteiger partial charge is 0.481 e. The number of primary amides is 1. The van der Waals surface area contributed by atoms with Crippen molar-refractivity contribution in [2.45, 2.75) is 52.5 Å². The van der Waals surface area contributed by atoms with Crippen molar-refractivity contribution in [3.05, 3.63) is 0 Å². The topological polar surface area (TPSA) is 109 Å². The summed E-state index contributed by atoms with van der Waals surface area (Å²) < 4.78 is 0. The van der Waals surface area contributed by atoms with Gasteiger partial charge in [0.05, 0.1) is 5.41 Å². The SMILES string of the molecule is CCC(CC)(CC(=O)NC(C)(C)C(N)=O)C(=O)O. The number of nitrogens with two attached hydrogens (primary N) is 1. The summed E-state index contributed by atoms with van der Waals surface area (Å²) >= 11 is 0. The second-order valence-corrected chi connectivity index (χ2v) is 5.01. The smallest absolute Gasteiger partial charge is 0.310 e. The third-order valence-electron chi connectivity index (χ3n) is 3.37. The summed E-state index contributed by atoms with van der Waals surface area (Å²) in [6, 6.07) is 0. The molecule has 0 aliphatic rings. The molecule has 2 amide bonds. The Balaban J connectivity index is 4.84. The van der Waals surface area contributed by atoms with Gasteiger partial charge in [0.25, 0.3) is 0 Å². The lowest BCUT2D eigenvalue weighted by Crippen LogP contribution is -2.54. The molecular formula is C12H22N2O4. The molecule has 0 aromatic rings. The summed E-state index contributed by atoms with van der Waals surface area (Å²) in [7, 11) is 0. The monoisotopic (exact) mass is 258 g/mol. The number of hydrogen-bond acceptors (Lipinski definition) is 3. The van der Waals surface area contributed by atoms with Gasteiger partial charge in [-0.05, 0) is 26.7 Å². The first-order valence-corrected chi connectivity index (χ1v) is 5.95. The van der Waals surface area contributed by atoms with E-state index in [2.05, 4.69) is 5.32 Å². The first-order chi connectivity index (χ1) is 8.11. The van der Waals surface area contributed by atoms with Crippen LogP contribution < -0.4 is 11.1 Å². The van der Waals surface area contributed by atoms with Crippen LogP contribution in [0.25, 0.3) is 0 Å². The van der Waals surface area contributed by atoms with Gasteiger partial charge < -0.3 is 16.2 Å². The standard InChI is InChI=1S/C12H22N2O4/c1-5-12(6-2,10(17)18)7-8(15)14-11(3,4)9(13)16/h5-7H2,1-4H3,(H2,13,16)(H,14,15)(H,17,18). The molecule has 6 heteroatoms. The highest BCUT2D eigenvalue weighted by Crippen LogP contribution is 2.31. The van der Waals surface area contributed by atoms with Crippen LogP contribution in [0.3, 0.4) is 0 Å². The summed E-state index contributed by atoms with van der Waals surface area (Å²) in [5, 5.41) is 11.7. The molecule has 0 saturated heterocycles. The lowest BCUT2D eigenvalue weighted by Gasteiger charge is -2.29. The Morgan fingerprint density at radius 1 is 1.17 bits per heavy atom. The van der Waals surface area contributed by atoms with E-state index in [1.807, 2.05) is 0 Å². The molecule has 0 rings (SSSR count). The molecule has 0 bridgehead atoms. The molecule has 0 aliphatic carbocycles. The molecule has 0 atom stereocenters. The molecule has 4 N–H and O–H groups in total. The Bertz CT molecular complexity index is 346. The molecule has 0 unspecified atom stereocenters. The summed E-state index contributed by atoms with van der Waals surface area (Å²) in [6.07, 6.45) is 0.540. The Kier molecular flexibility index (Phi) is 5.32. The number of nitrogens with one attached hydrogen (secondary N) is 1. The van der Waals surface area contributed by atoms with Crippen molar-refractivity contribution in [1.29, 1.82) is 0 Å². The van der Waals surface area contributed by atoms with Crippen LogP contribution in [0, 0.1) is 5.41 Å². The van der Waals surface area contributed by atoms with Gasteiger partial charge in [-0.1, -0.05) is 13.8 Å². The van der Waals surface area contributed by atoms with Gasteiger partial charge in [0.15, 0.2) is 0 Å². The van der Waals surface area contributed by atoms with Crippen LogP contribution in [0.15, 0.2) is 0 Å². The highest BCUT2D eigenvalue weighted by Gasteiger charge is 2.38.